The van der Waals surface area contributed by atoms with Crippen LogP contribution in [0.15, 0.2) is 25.8 Å². The highest BCUT2D eigenvalue weighted by Gasteiger charge is 2.22. The summed E-state index contributed by atoms with van der Waals surface area (Å²) in [5, 5.41) is 9.88. The summed E-state index contributed by atoms with van der Waals surface area (Å²) in [6, 6.07) is 3.63. The van der Waals surface area contributed by atoms with Gasteiger partial charge in [0.05, 0.1) is 0 Å². The second kappa shape index (κ2) is 4.81. The van der Waals surface area contributed by atoms with E-state index < -0.39 is 17.2 Å². The Bertz CT molecular complexity index is 696. The lowest BCUT2D eigenvalue weighted by Crippen LogP contribution is -2.08. The van der Waals surface area contributed by atoms with Crippen LogP contribution in [0, 0.1) is 26.6 Å². The molecule has 1 N–H and O–H groups in total. The number of halogens is 2. The lowest BCUT2D eigenvalue weighted by atomic mass is 9.99. The Hall–Kier alpha value is -1.62. The average Bonchev–Trinajstić information content (AvgIpc) is 2.29. The standard InChI is InChI=1S/C14H12BrFO3/c1-6-4-7(2)10(9(15)5-6)11-13(17)12(16)8(3)19-14(11)18/h4-5,17H,1-3H3. The topological polar surface area (TPSA) is 50.4 Å². The number of hydrogen-bond acceptors (Lipinski definition) is 3. The molecule has 0 aliphatic carbocycles. The molecule has 0 aliphatic rings. The highest BCUT2D eigenvalue weighted by molar-refractivity contribution is 9.10. The van der Waals surface area contributed by atoms with E-state index in [0.29, 0.717) is 10.0 Å². The summed E-state index contributed by atoms with van der Waals surface area (Å²) in [6.45, 7) is 4.97. The van der Waals surface area contributed by atoms with Gasteiger partial charge in [-0.25, -0.2) is 4.79 Å². The van der Waals surface area contributed by atoms with E-state index in [1.54, 1.807) is 13.0 Å². The Morgan fingerprint density at radius 1 is 1.21 bits per heavy atom. The van der Waals surface area contributed by atoms with Crippen molar-refractivity contribution < 1.29 is 13.9 Å². The molecular weight excluding hydrogens is 315 g/mol. The predicted octanol–water partition coefficient (Wildman–Crippen LogP) is 3.84. The van der Waals surface area contributed by atoms with Crippen LogP contribution >= 0.6 is 15.9 Å². The molecular formula is C14H12BrFO3. The van der Waals surface area contributed by atoms with Gasteiger partial charge in [0.15, 0.2) is 5.75 Å². The van der Waals surface area contributed by atoms with Gasteiger partial charge in [0.25, 0.3) is 0 Å². The van der Waals surface area contributed by atoms with Crippen LogP contribution in [0.1, 0.15) is 16.9 Å². The lowest BCUT2D eigenvalue weighted by Gasteiger charge is -2.11. The zero-order valence-corrected chi connectivity index (χ0v) is 12.3. The van der Waals surface area contributed by atoms with Gasteiger partial charge in [-0.1, -0.05) is 22.0 Å². The third-order valence-electron chi connectivity index (χ3n) is 2.89. The van der Waals surface area contributed by atoms with Gasteiger partial charge in [-0.3, -0.25) is 0 Å². The fourth-order valence-corrected chi connectivity index (χ4v) is 2.93. The van der Waals surface area contributed by atoms with Crippen LogP contribution in [0.2, 0.25) is 0 Å². The van der Waals surface area contributed by atoms with Gasteiger partial charge in [0.1, 0.15) is 11.3 Å². The SMILES string of the molecule is Cc1cc(C)c(-c2c(O)c(F)c(C)oc2=O)c(Br)c1. The minimum atomic E-state index is -0.915. The molecule has 0 spiro atoms. The molecule has 0 amide bonds. The quantitative estimate of drug-likeness (QED) is 0.866. The smallest absolute Gasteiger partial charge is 0.347 e. The van der Waals surface area contributed by atoms with E-state index >= 15 is 0 Å². The Morgan fingerprint density at radius 2 is 1.84 bits per heavy atom. The Kier molecular flexibility index (Phi) is 3.49. The van der Waals surface area contributed by atoms with Crippen molar-refractivity contribution in [3.63, 3.8) is 0 Å². The van der Waals surface area contributed by atoms with E-state index in [4.69, 9.17) is 4.42 Å². The van der Waals surface area contributed by atoms with Crippen LogP contribution in [0.25, 0.3) is 11.1 Å². The summed E-state index contributed by atoms with van der Waals surface area (Å²) in [5.74, 6) is -1.82. The normalized spacial score (nSPS) is 10.8. The number of rotatable bonds is 1. The van der Waals surface area contributed by atoms with Crippen molar-refractivity contribution in [1.29, 1.82) is 0 Å². The van der Waals surface area contributed by atoms with Crippen molar-refractivity contribution in [1.82, 2.24) is 0 Å². The molecule has 5 heteroatoms. The Balaban J connectivity index is 2.88. The largest absolute Gasteiger partial charge is 0.504 e. The van der Waals surface area contributed by atoms with Crippen LogP contribution < -0.4 is 5.63 Å². The maximum Gasteiger partial charge on any atom is 0.347 e. The first-order chi connectivity index (χ1) is 8.82. The molecule has 2 rings (SSSR count). The Labute approximate surface area is 117 Å². The third kappa shape index (κ3) is 2.30. The molecule has 100 valence electrons. The van der Waals surface area contributed by atoms with Crippen LogP contribution in [-0.4, -0.2) is 5.11 Å². The molecule has 0 radical (unpaired) electrons. The van der Waals surface area contributed by atoms with Crippen LogP contribution in [0.3, 0.4) is 0 Å². The van der Waals surface area contributed by atoms with Gasteiger partial charge in [-0.05, 0) is 38.0 Å². The van der Waals surface area contributed by atoms with E-state index in [0.717, 1.165) is 11.1 Å². The molecule has 0 saturated carbocycles. The number of aryl methyl sites for hydroxylation is 3. The van der Waals surface area contributed by atoms with Crippen LogP contribution in [0.5, 0.6) is 5.75 Å². The molecule has 2 aromatic rings. The molecule has 3 nitrogen and oxygen atoms in total. The van der Waals surface area contributed by atoms with E-state index in [1.165, 1.54) is 6.92 Å². The van der Waals surface area contributed by atoms with Crippen molar-refractivity contribution in [2.45, 2.75) is 20.8 Å². The fraction of sp³-hybridized carbons (Fsp3) is 0.214. The molecule has 0 aliphatic heterocycles. The van der Waals surface area contributed by atoms with Crippen molar-refractivity contribution in [2.24, 2.45) is 0 Å². The highest BCUT2D eigenvalue weighted by Crippen LogP contribution is 2.37. The second-order valence-corrected chi connectivity index (χ2v) is 5.28. The van der Waals surface area contributed by atoms with Gasteiger partial charge >= 0.3 is 5.63 Å². The third-order valence-corrected chi connectivity index (χ3v) is 3.51. The molecule has 0 atom stereocenters. The minimum Gasteiger partial charge on any atom is -0.504 e. The number of aromatic hydroxyl groups is 1. The molecule has 0 unspecified atom stereocenters. The van der Waals surface area contributed by atoms with E-state index in [9.17, 15) is 14.3 Å². The second-order valence-electron chi connectivity index (χ2n) is 4.42. The van der Waals surface area contributed by atoms with Crippen molar-refractivity contribution in [2.75, 3.05) is 0 Å². The molecule has 1 heterocycles. The van der Waals surface area contributed by atoms with Gasteiger partial charge < -0.3 is 9.52 Å². The lowest BCUT2D eigenvalue weighted by molar-refractivity contribution is 0.379. The van der Waals surface area contributed by atoms with Crippen LogP contribution in [0.4, 0.5) is 4.39 Å². The van der Waals surface area contributed by atoms with Gasteiger partial charge in [0.2, 0.25) is 5.82 Å². The maximum atomic E-state index is 13.7. The summed E-state index contributed by atoms with van der Waals surface area (Å²) in [7, 11) is 0. The van der Waals surface area contributed by atoms with Crippen molar-refractivity contribution >= 4 is 15.9 Å². The van der Waals surface area contributed by atoms with Gasteiger partial charge in [0, 0.05) is 10.0 Å². The summed E-state index contributed by atoms with van der Waals surface area (Å²) in [4.78, 5) is 11.9. The average molecular weight is 327 g/mol. The first-order valence-corrected chi connectivity index (χ1v) is 6.41. The highest BCUT2D eigenvalue weighted by atomic mass is 79.9. The summed E-state index contributed by atoms with van der Waals surface area (Å²) < 4.78 is 19.1. The minimum absolute atomic E-state index is 0.160. The summed E-state index contributed by atoms with van der Waals surface area (Å²) >= 11 is 3.33. The van der Waals surface area contributed by atoms with E-state index in [1.807, 2.05) is 13.0 Å². The summed E-state index contributed by atoms with van der Waals surface area (Å²) in [6.07, 6.45) is 0. The van der Waals surface area contributed by atoms with Crippen molar-refractivity contribution in [3.05, 3.63) is 49.7 Å². The molecule has 1 aromatic carbocycles. The van der Waals surface area contributed by atoms with E-state index in [2.05, 4.69) is 15.9 Å². The number of benzene rings is 1. The fourth-order valence-electron chi connectivity index (χ4n) is 2.06. The predicted molar refractivity (Wildman–Crippen MR) is 73.9 cm³/mol. The molecule has 0 bridgehead atoms. The van der Waals surface area contributed by atoms with Crippen LogP contribution in [-0.2, 0) is 0 Å². The number of hydrogen-bond donors (Lipinski definition) is 1. The van der Waals surface area contributed by atoms with Gasteiger partial charge in [-0.2, -0.15) is 4.39 Å². The maximum absolute atomic E-state index is 13.7. The Morgan fingerprint density at radius 3 is 2.42 bits per heavy atom. The first kappa shape index (κ1) is 13.8. The zero-order valence-electron chi connectivity index (χ0n) is 10.7. The summed E-state index contributed by atoms with van der Waals surface area (Å²) in [5.41, 5.74) is 1.26. The molecule has 0 saturated heterocycles. The zero-order chi connectivity index (χ0) is 14.3. The monoisotopic (exact) mass is 326 g/mol. The van der Waals surface area contributed by atoms with E-state index in [-0.39, 0.29) is 11.3 Å². The van der Waals surface area contributed by atoms with Crippen molar-refractivity contribution in [3.8, 4) is 16.9 Å². The molecule has 1 aromatic heterocycles. The molecule has 19 heavy (non-hydrogen) atoms. The van der Waals surface area contributed by atoms with Gasteiger partial charge in [-0.15, -0.1) is 0 Å². The first-order valence-electron chi connectivity index (χ1n) is 5.62. The molecule has 0 fully saturated rings.